The Bertz CT molecular complexity index is 226. The van der Waals surface area contributed by atoms with Gasteiger partial charge in [0.25, 0.3) is 0 Å². The number of hydrogen-bond acceptors (Lipinski definition) is 2. The third-order valence-electron chi connectivity index (χ3n) is 2.08. The molecule has 15 heavy (non-hydrogen) atoms. The van der Waals surface area contributed by atoms with Crippen LogP contribution in [0.3, 0.4) is 0 Å². The highest BCUT2D eigenvalue weighted by Crippen LogP contribution is 2.11. The van der Waals surface area contributed by atoms with Crippen molar-refractivity contribution in [1.29, 1.82) is 0 Å². The molecule has 4 heteroatoms. The van der Waals surface area contributed by atoms with Crippen molar-refractivity contribution in [2.75, 3.05) is 6.61 Å². The van der Waals surface area contributed by atoms with E-state index in [1.165, 1.54) is 0 Å². The van der Waals surface area contributed by atoms with E-state index in [2.05, 4.69) is 13.2 Å². The zero-order chi connectivity index (χ0) is 11.7. The predicted octanol–water partition coefficient (Wildman–Crippen LogP) is 2.87. The van der Waals surface area contributed by atoms with Gasteiger partial charge in [-0.1, -0.05) is 26.5 Å². The molecule has 0 radical (unpaired) electrons. The summed E-state index contributed by atoms with van der Waals surface area (Å²) in [4.78, 5) is 0. The van der Waals surface area contributed by atoms with Gasteiger partial charge in [0, 0.05) is 0 Å². The van der Waals surface area contributed by atoms with Gasteiger partial charge in [0.1, 0.15) is 5.76 Å². The average molecular weight is 232 g/mol. The van der Waals surface area contributed by atoms with Crippen LogP contribution < -0.4 is 0 Å². The molecule has 0 aromatic rings. The van der Waals surface area contributed by atoms with Crippen molar-refractivity contribution in [3.63, 3.8) is 0 Å². The molecule has 0 bridgehead atoms. The maximum Gasteiger partial charge on any atom is 0.155 e. The van der Waals surface area contributed by atoms with Crippen molar-refractivity contribution in [3.8, 4) is 0 Å². The van der Waals surface area contributed by atoms with E-state index in [1.807, 2.05) is 6.92 Å². The summed E-state index contributed by atoms with van der Waals surface area (Å²) in [5.74, 6) is 0.548. The zero-order valence-corrected chi connectivity index (χ0v) is 10.1. The van der Waals surface area contributed by atoms with E-state index >= 15 is 0 Å². The van der Waals surface area contributed by atoms with E-state index in [4.69, 9.17) is 9.29 Å². The van der Waals surface area contributed by atoms with Crippen LogP contribution in [0.5, 0.6) is 0 Å². The summed E-state index contributed by atoms with van der Waals surface area (Å²) in [6, 6.07) is 0. The van der Waals surface area contributed by atoms with Crippen LogP contribution in [-0.4, -0.2) is 20.6 Å². The first-order chi connectivity index (χ1) is 7.11. The second kappa shape index (κ2) is 8.68. The van der Waals surface area contributed by atoms with Crippen molar-refractivity contribution in [2.45, 2.75) is 37.9 Å². The minimum Gasteiger partial charge on any atom is -0.494 e. The highest BCUT2D eigenvalue weighted by atomic mass is 32.2. The smallest absolute Gasteiger partial charge is 0.155 e. The normalized spacial score (nSPS) is 14.3. The molecule has 2 atom stereocenters. The first-order valence-corrected chi connectivity index (χ1v) is 6.32. The Kier molecular flexibility index (Phi) is 8.33. The van der Waals surface area contributed by atoms with Crippen LogP contribution in [-0.2, 0) is 15.8 Å². The third-order valence-corrected chi connectivity index (χ3v) is 3.12. The molecule has 2 unspecified atom stereocenters. The molecule has 88 valence electrons. The van der Waals surface area contributed by atoms with Gasteiger partial charge in [-0.3, -0.25) is 0 Å². The summed E-state index contributed by atoms with van der Waals surface area (Å²) < 4.78 is 25.1. The highest BCUT2D eigenvalue weighted by Gasteiger charge is 2.13. The van der Waals surface area contributed by atoms with Crippen LogP contribution in [0.4, 0.5) is 0 Å². The van der Waals surface area contributed by atoms with Gasteiger partial charge in [0.15, 0.2) is 11.1 Å². The van der Waals surface area contributed by atoms with Crippen LogP contribution in [0.15, 0.2) is 25.0 Å². The number of ether oxygens (including phenoxy) is 1. The van der Waals surface area contributed by atoms with Crippen LogP contribution in [0, 0.1) is 0 Å². The van der Waals surface area contributed by atoms with Crippen molar-refractivity contribution < 1.29 is 13.5 Å². The molecule has 0 aliphatic carbocycles. The number of hydrogen-bond donors (Lipinski definition) is 1. The monoisotopic (exact) mass is 232 g/mol. The van der Waals surface area contributed by atoms with E-state index in [0.717, 1.165) is 19.3 Å². The third kappa shape index (κ3) is 7.33. The topological polar surface area (TPSA) is 46.5 Å². The second-order valence-corrected chi connectivity index (χ2v) is 4.57. The molecule has 0 heterocycles. The Morgan fingerprint density at radius 1 is 1.60 bits per heavy atom. The molecular formula is C11H20O3S. The molecule has 0 fully saturated rings. The molecule has 1 N–H and O–H groups in total. The number of rotatable bonds is 9. The fraction of sp³-hybridized carbons (Fsp3) is 0.636. The maximum absolute atomic E-state index is 10.9. The van der Waals surface area contributed by atoms with E-state index in [0.29, 0.717) is 18.8 Å². The molecule has 0 aromatic carbocycles. The summed E-state index contributed by atoms with van der Waals surface area (Å²) in [5.41, 5.74) is 0. The molecule has 3 nitrogen and oxygen atoms in total. The molecule has 0 aliphatic heterocycles. The van der Waals surface area contributed by atoms with E-state index < -0.39 is 11.1 Å². The van der Waals surface area contributed by atoms with Gasteiger partial charge in [-0.15, -0.1) is 0 Å². The summed E-state index contributed by atoms with van der Waals surface area (Å²) in [6.07, 6.45) is 4.74. The first-order valence-electron chi connectivity index (χ1n) is 5.15. The second-order valence-electron chi connectivity index (χ2n) is 3.35. The molecule has 0 rings (SSSR count). The maximum atomic E-state index is 10.9. The standard InChI is InChI=1S/C11H20O3S/c1-4-7-11(15(12)13)8-6-9-14-10(3)5-2/h5,11H,2-4,6-9H2,1H3,(H,12,13). The largest absolute Gasteiger partial charge is 0.494 e. The fourth-order valence-corrected chi connectivity index (χ4v) is 2.05. The van der Waals surface area contributed by atoms with Gasteiger partial charge < -0.3 is 9.29 Å². The molecular weight excluding hydrogens is 212 g/mol. The van der Waals surface area contributed by atoms with Crippen molar-refractivity contribution in [2.24, 2.45) is 0 Å². The van der Waals surface area contributed by atoms with Gasteiger partial charge in [-0.2, -0.15) is 0 Å². The Morgan fingerprint density at radius 2 is 2.27 bits per heavy atom. The summed E-state index contributed by atoms with van der Waals surface area (Å²) >= 11 is -1.72. The minimum atomic E-state index is -1.72. The average Bonchev–Trinajstić information content (AvgIpc) is 2.21. The summed E-state index contributed by atoms with van der Waals surface area (Å²) in [6.45, 7) is 9.67. The Morgan fingerprint density at radius 3 is 2.73 bits per heavy atom. The minimum absolute atomic E-state index is 0.129. The molecule has 0 saturated heterocycles. The van der Waals surface area contributed by atoms with Gasteiger partial charge in [0.05, 0.1) is 11.9 Å². The summed E-state index contributed by atoms with van der Waals surface area (Å²) in [7, 11) is 0. The van der Waals surface area contributed by atoms with Crippen LogP contribution >= 0.6 is 0 Å². The predicted molar refractivity (Wildman–Crippen MR) is 64.0 cm³/mol. The van der Waals surface area contributed by atoms with Crippen LogP contribution in [0.2, 0.25) is 0 Å². The fourth-order valence-electron chi connectivity index (χ4n) is 1.24. The zero-order valence-electron chi connectivity index (χ0n) is 9.28. The molecule has 0 saturated carbocycles. The first kappa shape index (κ1) is 14.4. The SMILES string of the molecule is C=CC(=C)OCCCC(CCC)S(=O)O. The Labute approximate surface area is 94.5 Å². The molecule has 0 aromatic heterocycles. The van der Waals surface area contributed by atoms with Crippen molar-refractivity contribution in [1.82, 2.24) is 0 Å². The van der Waals surface area contributed by atoms with Gasteiger partial charge >= 0.3 is 0 Å². The lowest BCUT2D eigenvalue weighted by atomic mass is 10.1. The lowest BCUT2D eigenvalue weighted by Crippen LogP contribution is -2.14. The highest BCUT2D eigenvalue weighted by molar-refractivity contribution is 7.79. The molecule has 0 aliphatic rings. The van der Waals surface area contributed by atoms with Gasteiger partial charge in [-0.05, 0) is 25.3 Å². The Balaban J connectivity index is 3.66. The quantitative estimate of drug-likeness (QED) is 0.288. The van der Waals surface area contributed by atoms with Gasteiger partial charge in [-0.25, -0.2) is 4.21 Å². The van der Waals surface area contributed by atoms with Crippen LogP contribution in [0.25, 0.3) is 0 Å². The number of allylic oxidation sites excluding steroid dienone is 1. The van der Waals surface area contributed by atoms with E-state index in [9.17, 15) is 4.21 Å². The molecule has 0 spiro atoms. The lowest BCUT2D eigenvalue weighted by Gasteiger charge is -2.11. The summed E-state index contributed by atoms with van der Waals surface area (Å²) in [5, 5.41) is -0.129. The van der Waals surface area contributed by atoms with Crippen molar-refractivity contribution >= 4 is 11.1 Å². The van der Waals surface area contributed by atoms with Gasteiger partial charge in [0.2, 0.25) is 0 Å². The van der Waals surface area contributed by atoms with Crippen molar-refractivity contribution in [3.05, 3.63) is 25.0 Å². The molecule has 0 amide bonds. The van der Waals surface area contributed by atoms with E-state index in [-0.39, 0.29) is 5.25 Å². The van der Waals surface area contributed by atoms with Crippen LogP contribution in [0.1, 0.15) is 32.6 Å². The Hall–Kier alpha value is -0.610. The lowest BCUT2D eigenvalue weighted by molar-refractivity contribution is 0.218. The van der Waals surface area contributed by atoms with E-state index in [1.54, 1.807) is 6.08 Å².